The summed E-state index contributed by atoms with van der Waals surface area (Å²) in [5, 5.41) is 68.1. The highest BCUT2D eigenvalue weighted by Gasteiger charge is 2.44. The Kier molecular flexibility index (Phi) is 32.8. The summed E-state index contributed by atoms with van der Waals surface area (Å²) in [6.07, 6.45) is -7.77. The van der Waals surface area contributed by atoms with Gasteiger partial charge in [-0.3, -0.25) is 57.7 Å². The Morgan fingerprint density at radius 2 is 1.21 bits per heavy atom. The summed E-state index contributed by atoms with van der Waals surface area (Å²) in [5.41, 5.74) is 22.6. The standard InChI is InChI=1S/C58H97N15O17/c1-12-29(9)38(59)51(83)66-35(23-27(5)6)50(82)73-43-46(32-18-15-14-16-19-32)90-57(89)36(25-74)68-55(87)42(45(78)47(60)79)69-37(76)24-64-52(84)40(31(11)75)71-53(85)39(30(10)13-2)70-48(80)33(20-17-21-63-58(61)62)65-49(81)34(22-26(3)4)67-54(86)41(72-56(43)88)44(77)28(7)8/h14-16,18-19,26-31,33-36,38-46,74-75,77-78H,12-13,17,20-25,59H2,1-11H3,(H2,60,79)(H,64,84)(H,65,81)(H,66,83)(H,67,86)(H,68,87)(H,69,76)(H,70,80)(H,71,85)(H,72,88)(H,73,82)(H4,61,62,63)/t29-,30-,31-,33+,34-,35-,36-,38-,39?,40?,41-,42-,43-,44+,45-,46+/m0/s1. The molecule has 1 aromatic carbocycles. The molecule has 2 rings (SSSR count). The van der Waals surface area contributed by atoms with Crippen LogP contribution < -0.4 is 76.1 Å². The molecule has 0 radical (unpaired) electrons. The van der Waals surface area contributed by atoms with Crippen molar-refractivity contribution >= 4 is 76.9 Å². The highest BCUT2D eigenvalue weighted by atomic mass is 16.5. The van der Waals surface area contributed by atoms with Crippen molar-refractivity contribution in [1.82, 2.24) is 53.2 Å². The van der Waals surface area contributed by atoms with Gasteiger partial charge in [0.1, 0.15) is 48.3 Å². The first-order valence-electron chi connectivity index (χ1n) is 30.1. The predicted octanol–water partition coefficient (Wildman–Crippen LogP) is -5.43. The summed E-state index contributed by atoms with van der Waals surface area (Å²) in [5.74, 6) is -17.5. The molecule has 2 unspecified atom stereocenters. The normalized spacial score (nSPS) is 25.0. The Balaban J connectivity index is 3.14. The summed E-state index contributed by atoms with van der Waals surface area (Å²) in [4.78, 5) is 174. The topological polar surface area (TPSA) is 532 Å². The van der Waals surface area contributed by atoms with Crippen LogP contribution in [0.25, 0.3) is 0 Å². The quantitative estimate of drug-likeness (QED) is 0.0210. The third-order valence-corrected chi connectivity index (χ3v) is 14.9. The van der Waals surface area contributed by atoms with Gasteiger partial charge in [0.15, 0.2) is 24.2 Å². The minimum Gasteiger partial charge on any atom is -0.453 e. The van der Waals surface area contributed by atoms with E-state index < -0.39 is 181 Å². The van der Waals surface area contributed by atoms with Crippen molar-refractivity contribution in [2.45, 2.75) is 200 Å². The van der Waals surface area contributed by atoms with Gasteiger partial charge in [0.2, 0.25) is 65.0 Å². The molecule has 22 N–H and O–H groups in total. The molecule has 90 heavy (non-hydrogen) atoms. The molecule has 1 heterocycles. The minimum absolute atomic E-state index is 0.0466. The zero-order chi connectivity index (χ0) is 68.4. The van der Waals surface area contributed by atoms with Gasteiger partial charge >= 0.3 is 5.97 Å². The molecule has 1 aliphatic heterocycles. The van der Waals surface area contributed by atoms with Gasteiger partial charge in [-0.25, -0.2) is 4.79 Å². The molecule has 0 saturated carbocycles. The van der Waals surface area contributed by atoms with Crippen LogP contribution in [0.5, 0.6) is 0 Å². The van der Waals surface area contributed by atoms with Crippen LogP contribution in [0.15, 0.2) is 35.3 Å². The van der Waals surface area contributed by atoms with Crippen LogP contribution in [0.2, 0.25) is 0 Å². The monoisotopic (exact) mass is 1280 g/mol. The molecule has 11 amide bonds. The van der Waals surface area contributed by atoms with Crippen LogP contribution in [0, 0.1) is 29.6 Å². The van der Waals surface area contributed by atoms with E-state index in [9.17, 15) is 73.2 Å². The molecule has 1 aromatic rings. The third kappa shape index (κ3) is 24.7. The average Bonchev–Trinajstić information content (AvgIpc) is 1.63. The van der Waals surface area contributed by atoms with E-state index in [1.165, 1.54) is 44.2 Å². The third-order valence-electron chi connectivity index (χ3n) is 14.9. The number of nitrogens with two attached hydrogens (primary N) is 4. The molecule has 1 fully saturated rings. The van der Waals surface area contributed by atoms with Gasteiger partial charge < -0.3 is 101 Å². The first kappa shape index (κ1) is 78.0. The molecule has 16 atom stereocenters. The second-order valence-electron chi connectivity index (χ2n) is 23.7. The van der Waals surface area contributed by atoms with E-state index in [2.05, 4.69) is 47.5 Å². The summed E-state index contributed by atoms with van der Waals surface area (Å²) in [6.45, 7) is 15.2. The van der Waals surface area contributed by atoms with Crippen molar-refractivity contribution in [3.05, 3.63) is 35.9 Å². The number of benzene rings is 1. The van der Waals surface area contributed by atoms with Crippen molar-refractivity contribution in [2.24, 2.45) is 57.5 Å². The lowest BCUT2D eigenvalue weighted by atomic mass is 9.95. The maximum atomic E-state index is 15.3. The van der Waals surface area contributed by atoms with Gasteiger partial charge in [0.25, 0.3) is 0 Å². The van der Waals surface area contributed by atoms with Crippen molar-refractivity contribution in [3.63, 3.8) is 0 Å². The van der Waals surface area contributed by atoms with Crippen molar-refractivity contribution in [2.75, 3.05) is 19.7 Å². The number of hydrogen-bond donors (Lipinski definition) is 18. The van der Waals surface area contributed by atoms with Crippen LogP contribution in [-0.2, 0) is 62.3 Å². The van der Waals surface area contributed by atoms with Crippen LogP contribution in [0.1, 0.15) is 126 Å². The van der Waals surface area contributed by atoms with Gasteiger partial charge in [-0.15, -0.1) is 0 Å². The Morgan fingerprint density at radius 1 is 0.656 bits per heavy atom. The Hall–Kier alpha value is -8.07. The maximum Gasteiger partial charge on any atom is 0.331 e. The number of cyclic esters (lactones) is 1. The number of nitrogens with zero attached hydrogens (tertiary/aromatic N) is 1. The summed E-state index contributed by atoms with van der Waals surface area (Å²) < 4.78 is 5.92. The number of carbonyl (C=O) groups is 12. The second kappa shape index (κ2) is 37.8. The lowest BCUT2D eigenvalue weighted by Gasteiger charge is -2.34. The van der Waals surface area contributed by atoms with E-state index in [4.69, 9.17) is 27.7 Å². The number of carbonyl (C=O) groups excluding carboxylic acids is 12. The van der Waals surface area contributed by atoms with Crippen molar-refractivity contribution < 1.29 is 82.7 Å². The first-order chi connectivity index (χ1) is 42.1. The molecule has 0 spiro atoms. The SMILES string of the molecule is CC[C@H](C)C1NC(=O)[C@@H](CCCN=C(N)N)NC(=O)[C@H](CC(C)C)NC(=O)[C@H]([C@H](O)C(C)C)NC(=O)[C@@H](NC(=O)[C@H](CC(C)C)NC(=O)[C@@H](N)[C@@H](C)CC)[C@@H](c2ccccc2)OC(=O)[C@H](CO)NC(=O)[C@H]([C@H](O)C(N)=O)NC(=O)CNC(=O)C([C@H](C)O)NC1=O. The number of amides is 11. The molecule has 0 aliphatic carbocycles. The summed E-state index contributed by atoms with van der Waals surface area (Å²) in [7, 11) is 0. The zero-order valence-corrected chi connectivity index (χ0v) is 53.1. The number of primary amides is 1. The maximum absolute atomic E-state index is 15.3. The van der Waals surface area contributed by atoms with E-state index in [-0.39, 0.29) is 67.9 Å². The molecule has 0 aromatic heterocycles. The average molecular weight is 1280 g/mol. The highest BCUT2D eigenvalue weighted by Crippen LogP contribution is 2.25. The number of aliphatic hydroxyl groups excluding tert-OH is 4. The Bertz CT molecular complexity index is 2640. The lowest BCUT2D eigenvalue weighted by molar-refractivity contribution is -0.159. The Morgan fingerprint density at radius 3 is 1.74 bits per heavy atom. The van der Waals surface area contributed by atoms with Gasteiger partial charge in [0, 0.05) is 6.54 Å². The smallest absolute Gasteiger partial charge is 0.331 e. The molecule has 1 aliphatic rings. The van der Waals surface area contributed by atoms with E-state index in [0.29, 0.717) is 6.42 Å². The summed E-state index contributed by atoms with van der Waals surface area (Å²) >= 11 is 0. The van der Waals surface area contributed by atoms with Gasteiger partial charge in [-0.05, 0) is 67.8 Å². The molecule has 506 valence electrons. The molecule has 32 heteroatoms. The zero-order valence-electron chi connectivity index (χ0n) is 53.1. The van der Waals surface area contributed by atoms with E-state index >= 15 is 4.79 Å². The van der Waals surface area contributed by atoms with Crippen molar-refractivity contribution in [3.8, 4) is 0 Å². The molecular weight excluding hydrogens is 1180 g/mol. The number of aliphatic hydroxyl groups is 4. The predicted molar refractivity (Wildman–Crippen MR) is 326 cm³/mol. The summed E-state index contributed by atoms with van der Waals surface area (Å²) in [6, 6.07) is -10.7. The number of ether oxygens (including phenoxy) is 1. The van der Waals surface area contributed by atoms with E-state index in [1.807, 2.05) is 10.6 Å². The van der Waals surface area contributed by atoms with Gasteiger partial charge in [0.05, 0.1) is 31.4 Å². The van der Waals surface area contributed by atoms with Crippen LogP contribution >= 0.6 is 0 Å². The van der Waals surface area contributed by atoms with Gasteiger partial charge in [-0.1, -0.05) is 112 Å². The molecule has 1 saturated heterocycles. The van der Waals surface area contributed by atoms with E-state index in [1.54, 1.807) is 55.4 Å². The van der Waals surface area contributed by atoms with Crippen LogP contribution in [0.3, 0.4) is 0 Å². The van der Waals surface area contributed by atoms with E-state index in [0.717, 1.165) is 6.92 Å². The number of rotatable bonds is 23. The highest BCUT2D eigenvalue weighted by molar-refractivity contribution is 6.00. The number of guanidine groups is 1. The Labute approximate surface area is 523 Å². The lowest BCUT2D eigenvalue weighted by Crippen LogP contribution is -2.64. The second-order valence-corrected chi connectivity index (χ2v) is 23.7. The number of nitrogens with one attached hydrogen (secondary N) is 10. The minimum atomic E-state index is -2.57. The van der Waals surface area contributed by atoms with Gasteiger partial charge in [-0.2, -0.15) is 0 Å². The first-order valence-corrected chi connectivity index (χ1v) is 30.1. The number of aliphatic imine (C=N–C) groups is 1. The van der Waals surface area contributed by atoms with Crippen molar-refractivity contribution in [1.29, 1.82) is 0 Å². The fraction of sp³-hybridized carbons (Fsp3) is 0.672. The molecule has 32 nitrogen and oxygen atoms in total. The molecule has 0 bridgehead atoms. The number of esters is 1. The largest absolute Gasteiger partial charge is 0.453 e. The van der Waals surface area contributed by atoms with Crippen LogP contribution in [0.4, 0.5) is 0 Å². The fourth-order valence-corrected chi connectivity index (χ4v) is 9.14. The van der Waals surface area contributed by atoms with Crippen LogP contribution in [-0.4, -0.2) is 196 Å². The number of hydrogen-bond acceptors (Lipinski definition) is 19. The fourth-order valence-electron chi connectivity index (χ4n) is 9.14. The molecular formula is C58H97N15O17.